The van der Waals surface area contributed by atoms with Gasteiger partial charge in [0.15, 0.2) is 5.82 Å². The number of aryl methyl sites for hydroxylation is 1. The first-order chi connectivity index (χ1) is 26.2. The standard InChI is InChI=1S/C34H40N8O10S3/c1-6-41(15-7-8-16-55(46,47)48)25-13-14-28(21(2)17-25)37-29-30(34(3,4)5)39-42-32(29)38-31(40-42)22-9-11-23(12-10-22)35-33(43)36-24-18-26(53-51-49-44)20-27(19-24)54-52-50-45/h9-14,17-20,44-45H,6-8,15-16H2,1-5H3,(H2,35,36,43)(H,46,47,48). The number of fused-ring (bicyclic) bond motifs is 1. The molecule has 2 amide bonds. The molecule has 18 nitrogen and oxygen atoms in total. The molecule has 3 aromatic carbocycles. The molecular weight excluding hydrogens is 777 g/mol. The molecule has 0 saturated carbocycles. The number of carbonyl (C=O) groups excluding carboxylic acids is 1. The molecule has 21 heteroatoms. The van der Waals surface area contributed by atoms with Gasteiger partial charge in [-0.1, -0.05) is 30.8 Å². The zero-order valence-corrected chi connectivity index (χ0v) is 32.9. The Kier molecular flexibility index (Phi) is 14.0. The Morgan fingerprint density at radius 2 is 1.60 bits per heavy atom. The normalized spacial score (nSPS) is 13.5. The molecule has 4 aromatic rings. The first kappa shape index (κ1) is 41.7. The number of carbonyl (C=O) groups is 1. The molecule has 0 radical (unpaired) electrons. The Hall–Kier alpha value is -4.42. The Bertz CT molecular complexity index is 2130. The molecule has 2 heterocycles. The second-order valence-electron chi connectivity index (χ2n) is 13.2. The van der Waals surface area contributed by atoms with Crippen LogP contribution in [0.5, 0.6) is 0 Å². The van der Waals surface area contributed by atoms with Gasteiger partial charge < -0.3 is 15.5 Å². The number of benzene rings is 3. The molecule has 1 aliphatic rings. The maximum absolute atomic E-state index is 12.8. The summed E-state index contributed by atoms with van der Waals surface area (Å²) < 4.78 is 40.2. The number of rotatable bonds is 17. The highest BCUT2D eigenvalue weighted by Crippen LogP contribution is 2.33. The van der Waals surface area contributed by atoms with E-state index in [9.17, 15) is 13.2 Å². The second-order valence-corrected chi connectivity index (χ2v) is 16.3. The SMILES string of the molecule is CCN(CCCCS(=O)(=O)O)c1ccc(N=C2C(C(C)(C)C)=Nn3nc(-c4ccc(NC(=O)Nc5cc(SOOO)cc(SOOO)c5)cc4)nc32)c(C)c1. The van der Waals surface area contributed by atoms with Crippen LogP contribution >= 0.6 is 24.1 Å². The van der Waals surface area contributed by atoms with Gasteiger partial charge in [0.1, 0.15) is 5.71 Å². The summed E-state index contributed by atoms with van der Waals surface area (Å²) in [6.07, 6.45) is 0.984. The number of aliphatic imine (C=N–C) groups is 1. The van der Waals surface area contributed by atoms with E-state index in [1.807, 2.05) is 52.8 Å². The van der Waals surface area contributed by atoms with E-state index in [4.69, 9.17) is 30.1 Å². The first-order valence-electron chi connectivity index (χ1n) is 16.8. The van der Waals surface area contributed by atoms with Gasteiger partial charge in [0.25, 0.3) is 10.1 Å². The lowest BCUT2D eigenvalue weighted by Crippen LogP contribution is -2.27. The van der Waals surface area contributed by atoms with Crippen molar-refractivity contribution in [3.63, 3.8) is 0 Å². The van der Waals surface area contributed by atoms with Crippen LogP contribution in [0.4, 0.5) is 27.5 Å². The van der Waals surface area contributed by atoms with Crippen molar-refractivity contribution in [1.29, 1.82) is 0 Å². The van der Waals surface area contributed by atoms with E-state index < -0.39 is 16.1 Å². The fourth-order valence-corrected chi connectivity index (χ4v) is 7.05. The molecule has 0 spiro atoms. The van der Waals surface area contributed by atoms with Crippen molar-refractivity contribution in [3.05, 3.63) is 72.1 Å². The molecule has 0 atom stereocenters. The van der Waals surface area contributed by atoms with E-state index in [0.717, 1.165) is 29.2 Å². The predicted octanol–water partition coefficient (Wildman–Crippen LogP) is 7.63. The zero-order chi connectivity index (χ0) is 39.8. The smallest absolute Gasteiger partial charge is 0.323 e. The van der Waals surface area contributed by atoms with Gasteiger partial charge in [-0.3, -0.25) is 4.55 Å². The second kappa shape index (κ2) is 18.5. The van der Waals surface area contributed by atoms with Crippen molar-refractivity contribution in [1.82, 2.24) is 14.9 Å². The van der Waals surface area contributed by atoms with E-state index in [1.165, 1.54) is 4.79 Å². The Morgan fingerprint density at radius 1 is 0.945 bits per heavy atom. The Balaban J connectivity index is 1.31. The summed E-state index contributed by atoms with van der Waals surface area (Å²) in [6.45, 7) is 11.5. The van der Waals surface area contributed by atoms with Gasteiger partial charge in [0.2, 0.25) is 5.82 Å². The molecule has 1 aliphatic heterocycles. The van der Waals surface area contributed by atoms with Crippen molar-refractivity contribution in [3.8, 4) is 11.4 Å². The fraction of sp³-hybridized carbons (Fsp3) is 0.324. The average Bonchev–Trinajstić information content (AvgIpc) is 3.70. The number of aromatic nitrogens is 3. The maximum Gasteiger partial charge on any atom is 0.323 e. The van der Waals surface area contributed by atoms with Crippen molar-refractivity contribution in [2.45, 2.75) is 57.3 Å². The summed E-state index contributed by atoms with van der Waals surface area (Å²) in [6, 6.07) is 17.0. The number of anilines is 3. The van der Waals surface area contributed by atoms with Crippen LogP contribution in [0.15, 0.2) is 80.5 Å². The number of hydrogen-bond acceptors (Lipinski definition) is 16. The van der Waals surface area contributed by atoms with Crippen LogP contribution in [0.1, 0.15) is 51.9 Å². The fourth-order valence-electron chi connectivity index (χ4n) is 5.48. The molecule has 0 fully saturated rings. The van der Waals surface area contributed by atoms with Gasteiger partial charge in [-0.2, -0.15) is 13.5 Å². The van der Waals surface area contributed by atoms with Crippen molar-refractivity contribution >= 4 is 74.4 Å². The maximum atomic E-state index is 12.8. The third-order valence-electron chi connectivity index (χ3n) is 8.03. The van der Waals surface area contributed by atoms with Crippen LogP contribution in [0.3, 0.4) is 0 Å². The summed E-state index contributed by atoms with van der Waals surface area (Å²) in [5, 5.41) is 39.1. The lowest BCUT2D eigenvalue weighted by Gasteiger charge is -2.24. The van der Waals surface area contributed by atoms with Crippen LogP contribution in [-0.4, -0.2) is 74.7 Å². The molecule has 55 heavy (non-hydrogen) atoms. The van der Waals surface area contributed by atoms with Crippen LogP contribution in [0, 0.1) is 12.3 Å². The Morgan fingerprint density at radius 3 is 2.18 bits per heavy atom. The van der Waals surface area contributed by atoms with Gasteiger partial charge in [-0.25, -0.2) is 25.3 Å². The summed E-state index contributed by atoms with van der Waals surface area (Å²) in [7, 11) is -3.98. The lowest BCUT2D eigenvalue weighted by molar-refractivity contribution is -0.432. The number of nitrogens with one attached hydrogen (secondary N) is 2. The van der Waals surface area contributed by atoms with Crippen molar-refractivity contribution in [2.75, 3.05) is 34.4 Å². The minimum atomic E-state index is -3.98. The third kappa shape index (κ3) is 11.5. The molecule has 0 bridgehead atoms. The van der Waals surface area contributed by atoms with Crippen LogP contribution in [-0.2, 0) is 28.9 Å². The first-order valence-corrected chi connectivity index (χ1v) is 19.9. The molecule has 0 unspecified atom stereocenters. The summed E-state index contributed by atoms with van der Waals surface area (Å²) >= 11 is 1.33. The molecular formula is C34H40N8O10S3. The van der Waals surface area contributed by atoms with E-state index in [2.05, 4.69) is 39.4 Å². The summed E-state index contributed by atoms with van der Waals surface area (Å²) in [5.74, 6) is 0.646. The highest BCUT2D eigenvalue weighted by molar-refractivity contribution is 7.95. The minimum Gasteiger partial charge on any atom is -0.372 e. The number of hydrogen-bond donors (Lipinski definition) is 5. The van der Waals surface area contributed by atoms with Crippen molar-refractivity contribution in [2.24, 2.45) is 15.5 Å². The minimum absolute atomic E-state index is 0.258. The topological polar surface area (TPSA) is 232 Å². The molecule has 294 valence electrons. The number of nitrogens with zero attached hydrogens (tertiary/aromatic N) is 6. The van der Waals surface area contributed by atoms with Gasteiger partial charge in [0.05, 0.1) is 41.2 Å². The van der Waals surface area contributed by atoms with Crippen LogP contribution < -0.4 is 15.5 Å². The molecule has 0 aliphatic carbocycles. The summed E-state index contributed by atoms with van der Waals surface area (Å²) in [5.41, 5.74) is 5.11. The van der Waals surface area contributed by atoms with Gasteiger partial charge in [-0.15, -0.1) is 18.6 Å². The largest absolute Gasteiger partial charge is 0.372 e. The summed E-state index contributed by atoms with van der Waals surface area (Å²) in [4.78, 5) is 27.2. The van der Waals surface area contributed by atoms with Crippen LogP contribution in [0.2, 0.25) is 0 Å². The van der Waals surface area contributed by atoms with Gasteiger partial charge >= 0.3 is 6.03 Å². The third-order valence-corrected chi connectivity index (χ3v) is 9.95. The van der Waals surface area contributed by atoms with E-state index in [0.29, 0.717) is 87.6 Å². The molecule has 0 saturated heterocycles. The Labute approximate surface area is 325 Å². The quantitative estimate of drug-likeness (QED) is 0.0227. The highest BCUT2D eigenvalue weighted by atomic mass is 32.2. The molecule has 5 N–H and O–H groups in total. The number of urea groups is 1. The van der Waals surface area contributed by atoms with E-state index >= 15 is 0 Å². The van der Waals surface area contributed by atoms with E-state index in [1.54, 1.807) is 42.5 Å². The predicted molar refractivity (Wildman–Crippen MR) is 209 cm³/mol. The lowest BCUT2D eigenvalue weighted by atomic mass is 9.87. The number of unbranched alkanes of at least 4 members (excludes halogenated alkanes) is 1. The van der Waals surface area contributed by atoms with Crippen LogP contribution in [0.25, 0.3) is 11.4 Å². The van der Waals surface area contributed by atoms with Crippen molar-refractivity contribution < 1.29 is 47.0 Å². The monoisotopic (exact) mass is 816 g/mol. The van der Waals surface area contributed by atoms with Gasteiger partial charge in [-0.05, 0) is 92.9 Å². The number of amides is 2. The zero-order valence-electron chi connectivity index (χ0n) is 30.4. The van der Waals surface area contributed by atoms with E-state index in [-0.39, 0.29) is 11.2 Å². The molecule has 1 aromatic heterocycles. The van der Waals surface area contributed by atoms with Gasteiger partial charge in [0, 0.05) is 50.9 Å². The average molecular weight is 817 g/mol. The highest BCUT2D eigenvalue weighted by Gasteiger charge is 2.35. The molecule has 5 rings (SSSR count).